The zero-order valence-corrected chi connectivity index (χ0v) is 12.0. The molecular formula is C11H7BrClN3S. The maximum atomic E-state index is 5.88. The van der Waals surface area contributed by atoms with Gasteiger partial charge >= 0.3 is 0 Å². The van der Waals surface area contributed by atoms with Crippen LogP contribution < -0.4 is 0 Å². The highest BCUT2D eigenvalue weighted by Gasteiger charge is 2.13. The molecule has 17 heavy (non-hydrogen) atoms. The highest BCUT2D eigenvalue weighted by atomic mass is 79.9. The largest absolute Gasteiger partial charge is 0.217 e. The lowest BCUT2D eigenvalue weighted by Gasteiger charge is -1.98. The van der Waals surface area contributed by atoms with Crippen LogP contribution in [0, 0.1) is 6.92 Å². The zero-order chi connectivity index (χ0) is 12.0. The predicted molar refractivity (Wildman–Crippen MR) is 73.7 cm³/mol. The van der Waals surface area contributed by atoms with Gasteiger partial charge in [0.25, 0.3) is 0 Å². The molecule has 0 saturated heterocycles. The van der Waals surface area contributed by atoms with Gasteiger partial charge in [-0.3, -0.25) is 0 Å². The van der Waals surface area contributed by atoms with Gasteiger partial charge < -0.3 is 0 Å². The Labute approximate surface area is 115 Å². The molecule has 0 unspecified atom stereocenters. The van der Waals surface area contributed by atoms with Crippen molar-refractivity contribution in [1.29, 1.82) is 0 Å². The van der Waals surface area contributed by atoms with E-state index in [4.69, 9.17) is 11.6 Å². The summed E-state index contributed by atoms with van der Waals surface area (Å²) in [5.74, 6) is 0. The van der Waals surface area contributed by atoms with Crippen LogP contribution in [0.2, 0.25) is 5.02 Å². The van der Waals surface area contributed by atoms with Crippen LogP contribution in [0.5, 0.6) is 0 Å². The first-order valence-corrected chi connectivity index (χ1v) is 6.91. The van der Waals surface area contributed by atoms with Gasteiger partial charge in [0, 0.05) is 10.6 Å². The highest BCUT2D eigenvalue weighted by molar-refractivity contribution is 9.11. The van der Waals surface area contributed by atoms with Gasteiger partial charge in [-0.1, -0.05) is 35.1 Å². The molecule has 0 aliphatic carbocycles. The summed E-state index contributed by atoms with van der Waals surface area (Å²) in [7, 11) is 0. The number of aromatic nitrogens is 3. The molecule has 6 heteroatoms. The summed E-state index contributed by atoms with van der Waals surface area (Å²) < 4.78 is 2.68. The van der Waals surface area contributed by atoms with E-state index in [0.29, 0.717) is 0 Å². The van der Waals surface area contributed by atoms with E-state index in [-0.39, 0.29) is 0 Å². The molecule has 0 fully saturated rings. The van der Waals surface area contributed by atoms with E-state index in [1.54, 1.807) is 0 Å². The second-order valence-electron chi connectivity index (χ2n) is 3.60. The van der Waals surface area contributed by atoms with Gasteiger partial charge in [-0.15, -0.1) is 5.10 Å². The minimum absolute atomic E-state index is 0.730. The monoisotopic (exact) mass is 327 g/mol. The van der Waals surface area contributed by atoms with Crippen molar-refractivity contribution >= 4 is 43.8 Å². The molecule has 0 spiro atoms. The number of nitrogens with zero attached hydrogens (tertiary/aromatic N) is 3. The van der Waals surface area contributed by atoms with Crippen molar-refractivity contribution in [2.45, 2.75) is 6.92 Å². The van der Waals surface area contributed by atoms with Gasteiger partial charge in [-0.2, -0.15) is 0 Å². The fourth-order valence-electron chi connectivity index (χ4n) is 1.71. The molecule has 0 saturated carbocycles. The first-order chi connectivity index (χ1) is 8.15. The molecule has 3 aromatic rings. The minimum atomic E-state index is 0.730. The third-order valence-corrected chi connectivity index (χ3v) is 4.11. The van der Waals surface area contributed by atoms with E-state index in [0.717, 1.165) is 30.9 Å². The Morgan fingerprint density at radius 3 is 2.65 bits per heavy atom. The van der Waals surface area contributed by atoms with Crippen LogP contribution in [0.25, 0.3) is 16.2 Å². The molecule has 86 valence electrons. The summed E-state index contributed by atoms with van der Waals surface area (Å²) in [6.45, 7) is 2.01. The number of hydrogen-bond acceptors (Lipinski definition) is 3. The van der Waals surface area contributed by atoms with Crippen molar-refractivity contribution < 1.29 is 0 Å². The van der Waals surface area contributed by atoms with Crippen molar-refractivity contribution in [2.75, 3.05) is 0 Å². The Hall–Kier alpha value is -0.910. The smallest absolute Gasteiger partial charge is 0.213 e. The molecule has 2 aromatic heterocycles. The van der Waals surface area contributed by atoms with Gasteiger partial charge in [-0.25, -0.2) is 9.50 Å². The van der Waals surface area contributed by atoms with Crippen molar-refractivity contribution in [3.05, 3.63) is 38.9 Å². The first-order valence-electron chi connectivity index (χ1n) is 4.93. The molecule has 0 atom stereocenters. The van der Waals surface area contributed by atoms with Crippen LogP contribution in [0.15, 0.2) is 28.2 Å². The summed E-state index contributed by atoms with van der Waals surface area (Å²) in [4.78, 5) is 5.47. The molecule has 0 N–H and O–H groups in total. The maximum absolute atomic E-state index is 5.88. The van der Waals surface area contributed by atoms with Gasteiger partial charge in [0.15, 0.2) is 3.92 Å². The number of rotatable bonds is 1. The molecule has 0 aliphatic rings. The summed E-state index contributed by atoms with van der Waals surface area (Å²) in [5, 5.41) is 5.07. The van der Waals surface area contributed by atoms with E-state index in [1.807, 2.05) is 35.7 Å². The number of halogens is 2. The Bertz CT molecular complexity index is 687. The van der Waals surface area contributed by atoms with E-state index in [1.165, 1.54) is 11.3 Å². The van der Waals surface area contributed by atoms with E-state index >= 15 is 0 Å². The van der Waals surface area contributed by atoms with Gasteiger partial charge in [0.1, 0.15) is 0 Å². The van der Waals surface area contributed by atoms with Crippen molar-refractivity contribution in [3.8, 4) is 11.3 Å². The lowest BCUT2D eigenvalue weighted by molar-refractivity contribution is 0.919. The number of imidazole rings is 1. The summed E-state index contributed by atoms with van der Waals surface area (Å²) in [6, 6.07) is 7.67. The predicted octanol–water partition coefficient (Wildman–Crippen LogP) is 4.18. The summed E-state index contributed by atoms with van der Waals surface area (Å²) in [6.07, 6.45) is 0. The number of aryl methyl sites for hydroxylation is 1. The topological polar surface area (TPSA) is 30.2 Å². The molecule has 0 amide bonds. The fraction of sp³-hybridized carbons (Fsp3) is 0.0909. The summed E-state index contributed by atoms with van der Waals surface area (Å²) in [5.41, 5.74) is 3.04. The standard InChI is InChI=1S/C11H7BrClN3S/c1-6-9(7-2-4-8(13)5-3-7)14-11-16(6)15-10(12)17-11/h2-5H,1H3. The second-order valence-corrected chi connectivity index (χ2v) is 6.27. The maximum Gasteiger partial charge on any atom is 0.213 e. The van der Waals surface area contributed by atoms with Crippen LogP contribution in [-0.4, -0.2) is 14.6 Å². The van der Waals surface area contributed by atoms with Crippen LogP contribution in [0.1, 0.15) is 5.69 Å². The molecule has 0 radical (unpaired) electrons. The Morgan fingerprint density at radius 1 is 1.29 bits per heavy atom. The van der Waals surface area contributed by atoms with E-state index < -0.39 is 0 Å². The van der Waals surface area contributed by atoms with Crippen LogP contribution in [-0.2, 0) is 0 Å². The first kappa shape index (κ1) is 11.2. The minimum Gasteiger partial charge on any atom is -0.217 e. The Balaban J connectivity index is 2.20. The molecule has 1 aromatic carbocycles. The summed E-state index contributed by atoms with van der Waals surface area (Å²) >= 11 is 10.7. The third-order valence-electron chi connectivity index (χ3n) is 2.52. The quantitative estimate of drug-likeness (QED) is 0.671. The molecule has 2 heterocycles. The van der Waals surface area contributed by atoms with E-state index in [9.17, 15) is 0 Å². The average molecular weight is 329 g/mol. The molecule has 0 aliphatic heterocycles. The highest BCUT2D eigenvalue weighted by Crippen LogP contribution is 2.28. The molecule has 0 bridgehead atoms. The van der Waals surface area contributed by atoms with E-state index in [2.05, 4.69) is 26.0 Å². The fourth-order valence-corrected chi connectivity index (χ4v) is 3.10. The average Bonchev–Trinajstić information content (AvgIpc) is 2.79. The van der Waals surface area contributed by atoms with Gasteiger partial charge in [0.2, 0.25) is 4.96 Å². The second kappa shape index (κ2) is 4.08. The van der Waals surface area contributed by atoms with Crippen LogP contribution >= 0.6 is 38.9 Å². The van der Waals surface area contributed by atoms with Gasteiger partial charge in [0.05, 0.1) is 11.4 Å². The molecule has 3 rings (SSSR count). The number of fused-ring (bicyclic) bond motifs is 1. The Kier molecular flexibility index (Phi) is 2.69. The van der Waals surface area contributed by atoms with Crippen molar-refractivity contribution in [3.63, 3.8) is 0 Å². The number of benzene rings is 1. The SMILES string of the molecule is Cc1c(-c2ccc(Cl)cc2)nc2sc(Br)nn12. The molecule has 3 nitrogen and oxygen atoms in total. The van der Waals surface area contributed by atoms with Gasteiger partial charge in [-0.05, 0) is 35.0 Å². The number of hydrogen-bond donors (Lipinski definition) is 0. The normalized spacial score (nSPS) is 11.2. The molecular weight excluding hydrogens is 322 g/mol. The van der Waals surface area contributed by atoms with Crippen molar-refractivity contribution in [2.24, 2.45) is 0 Å². The third kappa shape index (κ3) is 1.88. The van der Waals surface area contributed by atoms with Crippen molar-refractivity contribution in [1.82, 2.24) is 14.6 Å². The lowest BCUT2D eigenvalue weighted by Crippen LogP contribution is -1.88. The Morgan fingerprint density at radius 2 is 2.00 bits per heavy atom. The van der Waals surface area contributed by atoms with Crippen LogP contribution in [0.3, 0.4) is 0 Å². The van der Waals surface area contributed by atoms with Crippen LogP contribution in [0.4, 0.5) is 0 Å². The zero-order valence-electron chi connectivity index (χ0n) is 8.82. The lowest BCUT2D eigenvalue weighted by atomic mass is 10.1.